The molecule has 0 aliphatic rings. The van der Waals surface area contributed by atoms with Crippen molar-refractivity contribution < 1.29 is 4.79 Å². The number of carbonyl (C=O) groups excluding carboxylic acids is 1. The molecule has 0 spiro atoms. The third-order valence-electron chi connectivity index (χ3n) is 3.10. The fraction of sp³-hybridized carbons (Fsp3) is 0.0625. The molecule has 2 heterocycles. The van der Waals surface area contributed by atoms with Crippen LogP contribution < -0.4 is 5.32 Å². The average molecular weight is 298 g/mol. The maximum absolute atomic E-state index is 12.2. The lowest BCUT2D eigenvalue weighted by Gasteiger charge is -2.06. The van der Waals surface area contributed by atoms with Crippen LogP contribution in [-0.4, -0.2) is 15.9 Å². The Bertz CT molecular complexity index is 790. The Labute approximate surface area is 126 Å². The quantitative estimate of drug-likeness (QED) is 0.755. The zero-order valence-corrected chi connectivity index (χ0v) is 11.8. The summed E-state index contributed by atoms with van der Waals surface area (Å²) < 4.78 is 0. The van der Waals surface area contributed by atoms with E-state index in [-0.39, 0.29) is 5.91 Å². The van der Waals surface area contributed by atoms with E-state index >= 15 is 0 Å². The summed E-state index contributed by atoms with van der Waals surface area (Å²) in [6.45, 7) is 0.402. The maximum Gasteiger partial charge on any atom is 0.270 e. The number of pyridine rings is 2. The molecule has 0 fully saturated rings. The van der Waals surface area contributed by atoms with Crippen molar-refractivity contribution >= 4 is 28.3 Å². The molecular formula is C16H12ClN3O. The number of benzene rings is 1. The number of nitrogens with zero attached hydrogens (tertiary/aromatic N) is 2. The highest BCUT2D eigenvalue weighted by atomic mass is 35.5. The van der Waals surface area contributed by atoms with E-state index in [0.29, 0.717) is 17.4 Å². The fourth-order valence-corrected chi connectivity index (χ4v) is 2.31. The SMILES string of the molecule is O=C(NCc1cccnc1)c1cc2ccccc2c(Cl)n1. The molecule has 0 radical (unpaired) electrons. The van der Waals surface area contributed by atoms with Crippen LogP contribution in [0, 0.1) is 0 Å². The van der Waals surface area contributed by atoms with Crippen LogP contribution >= 0.6 is 11.6 Å². The van der Waals surface area contributed by atoms with Crippen LogP contribution in [0.15, 0.2) is 54.9 Å². The lowest BCUT2D eigenvalue weighted by atomic mass is 10.1. The molecule has 0 aliphatic heterocycles. The number of amides is 1. The minimum absolute atomic E-state index is 0.258. The van der Waals surface area contributed by atoms with Crippen LogP contribution in [0.1, 0.15) is 16.1 Å². The number of rotatable bonds is 3. The Morgan fingerprint density at radius 1 is 1.19 bits per heavy atom. The van der Waals surface area contributed by atoms with E-state index in [2.05, 4.69) is 15.3 Å². The number of aromatic nitrogens is 2. The van der Waals surface area contributed by atoms with Crippen LogP contribution in [0.4, 0.5) is 0 Å². The molecule has 3 rings (SSSR count). The monoisotopic (exact) mass is 297 g/mol. The smallest absolute Gasteiger partial charge is 0.270 e. The first kappa shape index (κ1) is 13.5. The summed E-state index contributed by atoms with van der Waals surface area (Å²) in [4.78, 5) is 20.3. The van der Waals surface area contributed by atoms with Crippen molar-refractivity contribution in [1.29, 1.82) is 0 Å². The van der Waals surface area contributed by atoms with Crippen molar-refractivity contribution in [3.63, 3.8) is 0 Å². The molecule has 0 saturated heterocycles. The maximum atomic E-state index is 12.2. The van der Waals surface area contributed by atoms with E-state index in [1.165, 1.54) is 0 Å². The van der Waals surface area contributed by atoms with E-state index in [1.54, 1.807) is 18.5 Å². The highest BCUT2D eigenvalue weighted by Crippen LogP contribution is 2.22. The molecule has 0 aliphatic carbocycles. The molecule has 0 atom stereocenters. The van der Waals surface area contributed by atoms with Gasteiger partial charge < -0.3 is 5.32 Å². The molecule has 3 aromatic rings. The third kappa shape index (κ3) is 3.01. The van der Waals surface area contributed by atoms with Crippen molar-refractivity contribution in [2.75, 3.05) is 0 Å². The lowest BCUT2D eigenvalue weighted by Crippen LogP contribution is -2.23. The third-order valence-corrected chi connectivity index (χ3v) is 3.39. The highest BCUT2D eigenvalue weighted by Gasteiger charge is 2.10. The van der Waals surface area contributed by atoms with Gasteiger partial charge in [0.25, 0.3) is 5.91 Å². The summed E-state index contributed by atoms with van der Waals surface area (Å²) in [6.07, 6.45) is 3.40. The van der Waals surface area contributed by atoms with Gasteiger partial charge in [-0.25, -0.2) is 4.98 Å². The number of halogens is 1. The second-order valence-corrected chi connectivity index (χ2v) is 4.92. The Balaban J connectivity index is 1.81. The zero-order chi connectivity index (χ0) is 14.7. The highest BCUT2D eigenvalue weighted by molar-refractivity contribution is 6.34. The predicted octanol–water partition coefficient (Wildman–Crippen LogP) is 3.21. The van der Waals surface area contributed by atoms with E-state index in [0.717, 1.165) is 16.3 Å². The summed E-state index contributed by atoms with van der Waals surface area (Å²) in [5.74, 6) is -0.258. The Morgan fingerprint density at radius 3 is 2.86 bits per heavy atom. The van der Waals surface area contributed by atoms with Gasteiger partial charge in [0.15, 0.2) is 0 Å². The minimum Gasteiger partial charge on any atom is -0.347 e. The normalized spacial score (nSPS) is 10.5. The molecule has 2 aromatic heterocycles. The molecule has 1 aromatic carbocycles. The molecule has 104 valence electrons. The summed E-state index contributed by atoms with van der Waals surface area (Å²) in [6, 6.07) is 13.0. The number of fused-ring (bicyclic) bond motifs is 1. The van der Waals surface area contributed by atoms with Gasteiger partial charge in [-0.05, 0) is 23.1 Å². The first-order chi connectivity index (χ1) is 10.2. The fourth-order valence-electron chi connectivity index (χ4n) is 2.05. The van der Waals surface area contributed by atoms with Crippen molar-refractivity contribution in [1.82, 2.24) is 15.3 Å². The van der Waals surface area contributed by atoms with Crippen LogP contribution in [-0.2, 0) is 6.54 Å². The number of nitrogens with one attached hydrogen (secondary N) is 1. The molecule has 1 amide bonds. The minimum atomic E-state index is -0.258. The Hall–Kier alpha value is -2.46. The van der Waals surface area contributed by atoms with E-state index in [9.17, 15) is 4.79 Å². The summed E-state index contributed by atoms with van der Waals surface area (Å²) >= 11 is 6.12. The second-order valence-electron chi connectivity index (χ2n) is 4.56. The van der Waals surface area contributed by atoms with E-state index in [1.807, 2.05) is 36.4 Å². The predicted molar refractivity (Wildman–Crippen MR) is 82.2 cm³/mol. The van der Waals surface area contributed by atoms with Gasteiger partial charge in [0, 0.05) is 24.3 Å². The van der Waals surface area contributed by atoms with Crippen LogP contribution in [0.3, 0.4) is 0 Å². The lowest BCUT2D eigenvalue weighted by molar-refractivity contribution is 0.0946. The average Bonchev–Trinajstić information content (AvgIpc) is 2.53. The van der Waals surface area contributed by atoms with Gasteiger partial charge in [-0.2, -0.15) is 0 Å². The van der Waals surface area contributed by atoms with Gasteiger partial charge in [-0.3, -0.25) is 9.78 Å². The summed E-state index contributed by atoms with van der Waals surface area (Å²) in [5, 5.41) is 4.87. The largest absolute Gasteiger partial charge is 0.347 e. The zero-order valence-electron chi connectivity index (χ0n) is 11.1. The number of carbonyl (C=O) groups is 1. The molecule has 0 unspecified atom stereocenters. The Kier molecular flexibility index (Phi) is 3.79. The van der Waals surface area contributed by atoms with Gasteiger partial charge in [0.2, 0.25) is 0 Å². The van der Waals surface area contributed by atoms with E-state index in [4.69, 9.17) is 11.6 Å². The summed E-state index contributed by atoms with van der Waals surface area (Å²) in [7, 11) is 0. The van der Waals surface area contributed by atoms with Gasteiger partial charge in [-0.15, -0.1) is 0 Å². The molecule has 1 N–H and O–H groups in total. The molecule has 0 saturated carbocycles. The van der Waals surface area contributed by atoms with Gasteiger partial charge in [0.1, 0.15) is 10.8 Å². The Morgan fingerprint density at radius 2 is 2.05 bits per heavy atom. The summed E-state index contributed by atoms with van der Waals surface area (Å²) in [5.41, 5.74) is 1.24. The van der Waals surface area contributed by atoms with E-state index < -0.39 is 0 Å². The van der Waals surface area contributed by atoms with Crippen molar-refractivity contribution in [2.45, 2.75) is 6.54 Å². The van der Waals surface area contributed by atoms with Crippen molar-refractivity contribution in [3.8, 4) is 0 Å². The number of hydrogen-bond donors (Lipinski definition) is 1. The van der Waals surface area contributed by atoms with Crippen molar-refractivity contribution in [3.05, 3.63) is 71.3 Å². The molecule has 21 heavy (non-hydrogen) atoms. The molecule has 4 nitrogen and oxygen atoms in total. The second kappa shape index (κ2) is 5.89. The molecular weight excluding hydrogens is 286 g/mol. The van der Waals surface area contributed by atoms with Crippen molar-refractivity contribution in [2.24, 2.45) is 0 Å². The standard InChI is InChI=1S/C16H12ClN3O/c17-15-13-6-2-1-5-12(13)8-14(20-15)16(21)19-10-11-4-3-7-18-9-11/h1-9H,10H2,(H,19,21). The first-order valence-electron chi connectivity index (χ1n) is 6.46. The topological polar surface area (TPSA) is 54.9 Å². The first-order valence-corrected chi connectivity index (χ1v) is 6.84. The van der Waals surface area contributed by atoms with Gasteiger partial charge in [0.05, 0.1) is 0 Å². The molecule has 0 bridgehead atoms. The van der Waals surface area contributed by atoms with Gasteiger partial charge in [-0.1, -0.05) is 41.9 Å². The number of hydrogen-bond acceptors (Lipinski definition) is 3. The van der Waals surface area contributed by atoms with Crippen LogP contribution in [0.25, 0.3) is 10.8 Å². The van der Waals surface area contributed by atoms with Crippen LogP contribution in [0.5, 0.6) is 0 Å². The molecule has 5 heteroatoms. The van der Waals surface area contributed by atoms with Gasteiger partial charge >= 0.3 is 0 Å². The van der Waals surface area contributed by atoms with Crippen LogP contribution in [0.2, 0.25) is 5.15 Å².